The molecule has 1 fully saturated rings. The predicted molar refractivity (Wildman–Crippen MR) is 57.0 cm³/mol. The summed E-state index contributed by atoms with van der Waals surface area (Å²) in [5.41, 5.74) is 6.16. The molecule has 0 saturated heterocycles. The minimum Gasteiger partial charge on any atom is -0.356 e. The van der Waals surface area contributed by atoms with Crippen LogP contribution in [0.1, 0.15) is 38.5 Å². The number of nitrogens with two attached hydrogens (primary N) is 1. The van der Waals surface area contributed by atoms with E-state index in [9.17, 15) is 0 Å². The van der Waals surface area contributed by atoms with Crippen molar-refractivity contribution >= 4 is 0 Å². The molecule has 0 aromatic heterocycles. The van der Waals surface area contributed by atoms with Crippen LogP contribution < -0.4 is 5.73 Å². The van der Waals surface area contributed by atoms with Gasteiger partial charge in [0.1, 0.15) is 0 Å². The van der Waals surface area contributed by atoms with E-state index in [4.69, 9.17) is 15.2 Å². The first-order chi connectivity index (χ1) is 6.76. The van der Waals surface area contributed by atoms with Crippen molar-refractivity contribution in [2.45, 2.75) is 44.8 Å². The van der Waals surface area contributed by atoms with Gasteiger partial charge in [0.15, 0.2) is 6.29 Å². The molecule has 0 aromatic rings. The van der Waals surface area contributed by atoms with Crippen molar-refractivity contribution in [2.24, 2.45) is 11.1 Å². The fourth-order valence-electron chi connectivity index (χ4n) is 2.41. The summed E-state index contributed by atoms with van der Waals surface area (Å²) in [6, 6.07) is 0. The molecule has 3 nitrogen and oxygen atoms in total. The second-order valence-electron chi connectivity index (χ2n) is 4.37. The molecule has 0 amide bonds. The number of methoxy groups -OCH3 is 2. The fourth-order valence-corrected chi connectivity index (χ4v) is 2.41. The molecule has 1 rings (SSSR count). The Labute approximate surface area is 86.9 Å². The Morgan fingerprint density at radius 1 is 1.14 bits per heavy atom. The van der Waals surface area contributed by atoms with E-state index < -0.39 is 0 Å². The molecule has 0 unspecified atom stereocenters. The maximum absolute atomic E-state index is 5.88. The van der Waals surface area contributed by atoms with E-state index in [1.807, 2.05) is 0 Å². The normalized spacial score (nSPS) is 21.4. The Morgan fingerprint density at radius 2 is 1.71 bits per heavy atom. The van der Waals surface area contributed by atoms with Gasteiger partial charge in [-0.25, -0.2) is 0 Å². The van der Waals surface area contributed by atoms with Crippen molar-refractivity contribution in [1.82, 2.24) is 0 Å². The van der Waals surface area contributed by atoms with Crippen LogP contribution in [0.2, 0.25) is 0 Å². The zero-order chi connectivity index (χ0) is 10.4. The van der Waals surface area contributed by atoms with Gasteiger partial charge in [0.05, 0.1) is 0 Å². The molecule has 0 spiro atoms. The van der Waals surface area contributed by atoms with Crippen molar-refractivity contribution < 1.29 is 9.47 Å². The van der Waals surface area contributed by atoms with Crippen molar-refractivity contribution in [2.75, 3.05) is 20.8 Å². The number of ether oxygens (including phenoxy) is 2. The summed E-state index contributed by atoms with van der Waals surface area (Å²) < 4.78 is 10.5. The predicted octanol–water partition coefficient (Wildman–Crippen LogP) is 1.90. The van der Waals surface area contributed by atoms with Crippen LogP contribution in [0.5, 0.6) is 0 Å². The number of rotatable bonds is 5. The van der Waals surface area contributed by atoms with E-state index in [0.29, 0.717) is 0 Å². The molecule has 0 heterocycles. The topological polar surface area (TPSA) is 44.5 Å². The van der Waals surface area contributed by atoms with Gasteiger partial charge in [-0.3, -0.25) is 0 Å². The molecule has 3 heteroatoms. The first-order valence-electron chi connectivity index (χ1n) is 5.52. The zero-order valence-electron chi connectivity index (χ0n) is 9.42. The highest BCUT2D eigenvalue weighted by Gasteiger charge is 2.33. The molecule has 0 aromatic carbocycles. The quantitative estimate of drug-likeness (QED) is 0.691. The van der Waals surface area contributed by atoms with Gasteiger partial charge in [-0.15, -0.1) is 0 Å². The molecule has 0 radical (unpaired) electrons. The number of hydrogen-bond acceptors (Lipinski definition) is 3. The molecule has 84 valence electrons. The summed E-state index contributed by atoms with van der Waals surface area (Å²) >= 11 is 0. The van der Waals surface area contributed by atoms with Crippen LogP contribution in [0.15, 0.2) is 0 Å². The maximum Gasteiger partial charge on any atom is 0.157 e. The largest absolute Gasteiger partial charge is 0.356 e. The van der Waals surface area contributed by atoms with Gasteiger partial charge in [0.25, 0.3) is 0 Å². The van der Waals surface area contributed by atoms with Crippen molar-refractivity contribution in [3.63, 3.8) is 0 Å². The molecular weight excluding hydrogens is 178 g/mol. The van der Waals surface area contributed by atoms with E-state index in [-0.39, 0.29) is 11.7 Å². The number of hydrogen-bond donors (Lipinski definition) is 1. The summed E-state index contributed by atoms with van der Waals surface area (Å²) in [6.07, 6.45) is 7.27. The third-order valence-corrected chi connectivity index (χ3v) is 3.47. The Hall–Kier alpha value is -0.120. The second-order valence-corrected chi connectivity index (χ2v) is 4.37. The minimum atomic E-state index is -0.0864. The molecule has 1 aliphatic carbocycles. The Balaban J connectivity index is 2.50. The standard InChI is InChI=1S/C11H23NO2/c1-13-10(14-2)8-11(9-12)6-4-3-5-7-11/h10H,3-9,12H2,1-2H3. The van der Waals surface area contributed by atoms with Gasteiger partial charge in [-0.05, 0) is 24.8 Å². The van der Waals surface area contributed by atoms with Crippen molar-refractivity contribution in [3.8, 4) is 0 Å². The zero-order valence-corrected chi connectivity index (χ0v) is 9.42. The molecule has 0 atom stereocenters. The molecular formula is C11H23NO2. The lowest BCUT2D eigenvalue weighted by molar-refractivity contribution is -0.128. The lowest BCUT2D eigenvalue weighted by Gasteiger charge is -2.38. The third-order valence-electron chi connectivity index (χ3n) is 3.47. The highest BCUT2D eigenvalue weighted by Crippen LogP contribution is 2.39. The van der Waals surface area contributed by atoms with Gasteiger partial charge >= 0.3 is 0 Å². The highest BCUT2D eigenvalue weighted by atomic mass is 16.7. The maximum atomic E-state index is 5.88. The lowest BCUT2D eigenvalue weighted by atomic mass is 9.72. The van der Waals surface area contributed by atoms with E-state index in [2.05, 4.69) is 0 Å². The Bertz CT molecular complexity index is 151. The van der Waals surface area contributed by atoms with E-state index in [1.54, 1.807) is 14.2 Å². The van der Waals surface area contributed by atoms with Crippen molar-refractivity contribution in [1.29, 1.82) is 0 Å². The molecule has 0 bridgehead atoms. The smallest absolute Gasteiger partial charge is 0.157 e. The summed E-state index contributed by atoms with van der Waals surface area (Å²) in [5.74, 6) is 0. The average molecular weight is 201 g/mol. The third kappa shape index (κ3) is 2.94. The van der Waals surface area contributed by atoms with Crippen LogP contribution in [0.25, 0.3) is 0 Å². The molecule has 1 aliphatic rings. The monoisotopic (exact) mass is 201 g/mol. The lowest BCUT2D eigenvalue weighted by Crippen LogP contribution is -2.37. The summed E-state index contributed by atoms with van der Waals surface area (Å²) in [7, 11) is 3.39. The van der Waals surface area contributed by atoms with Gasteiger partial charge in [-0.2, -0.15) is 0 Å². The van der Waals surface area contributed by atoms with E-state index in [0.717, 1.165) is 13.0 Å². The second kappa shape index (κ2) is 5.69. The molecule has 1 saturated carbocycles. The van der Waals surface area contributed by atoms with Crippen LogP contribution in [-0.4, -0.2) is 27.1 Å². The van der Waals surface area contributed by atoms with Crippen LogP contribution in [0, 0.1) is 5.41 Å². The van der Waals surface area contributed by atoms with Gasteiger partial charge in [0.2, 0.25) is 0 Å². The average Bonchev–Trinajstić information content (AvgIpc) is 2.27. The first kappa shape index (κ1) is 12.0. The van der Waals surface area contributed by atoms with Crippen LogP contribution >= 0.6 is 0 Å². The van der Waals surface area contributed by atoms with E-state index in [1.165, 1.54) is 32.1 Å². The summed E-state index contributed by atoms with van der Waals surface area (Å²) in [5, 5.41) is 0. The van der Waals surface area contributed by atoms with Crippen molar-refractivity contribution in [3.05, 3.63) is 0 Å². The Kier molecular flexibility index (Phi) is 4.85. The van der Waals surface area contributed by atoms with E-state index >= 15 is 0 Å². The van der Waals surface area contributed by atoms with Crippen LogP contribution in [-0.2, 0) is 9.47 Å². The molecule has 2 N–H and O–H groups in total. The highest BCUT2D eigenvalue weighted by molar-refractivity contribution is 4.84. The fraction of sp³-hybridized carbons (Fsp3) is 1.00. The van der Waals surface area contributed by atoms with Gasteiger partial charge in [0, 0.05) is 20.6 Å². The van der Waals surface area contributed by atoms with Crippen LogP contribution in [0.3, 0.4) is 0 Å². The summed E-state index contributed by atoms with van der Waals surface area (Å²) in [6.45, 7) is 0.760. The minimum absolute atomic E-state index is 0.0864. The Morgan fingerprint density at radius 3 is 2.14 bits per heavy atom. The SMILES string of the molecule is COC(CC1(CN)CCCCC1)OC. The summed E-state index contributed by atoms with van der Waals surface area (Å²) in [4.78, 5) is 0. The van der Waals surface area contributed by atoms with Crippen LogP contribution in [0.4, 0.5) is 0 Å². The van der Waals surface area contributed by atoms with Gasteiger partial charge in [-0.1, -0.05) is 19.3 Å². The van der Waals surface area contributed by atoms with Gasteiger partial charge < -0.3 is 15.2 Å². The molecule has 0 aliphatic heterocycles. The first-order valence-corrected chi connectivity index (χ1v) is 5.52. The molecule has 14 heavy (non-hydrogen) atoms.